The summed E-state index contributed by atoms with van der Waals surface area (Å²) in [6, 6.07) is 10.5. The lowest BCUT2D eigenvalue weighted by molar-refractivity contribution is 0.392. The predicted molar refractivity (Wildman–Crippen MR) is 67.4 cm³/mol. The lowest BCUT2D eigenvalue weighted by atomic mass is 10.2. The molecule has 0 N–H and O–H groups in total. The molecule has 1 aromatic heterocycles. The van der Waals surface area contributed by atoms with Crippen molar-refractivity contribution in [3.05, 3.63) is 52.9 Å². The molecule has 16 heavy (non-hydrogen) atoms. The van der Waals surface area contributed by atoms with Gasteiger partial charge in [0, 0.05) is 17.1 Å². The monoisotopic (exact) mass is 233 g/mol. The van der Waals surface area contributed by atoms with Gasteiger partial charge >= 0.3 is 0 Å². The van der Waals surface area contributed by atoms with Crippen LogP contribution in [-0.4, -0.2) is 5.16 Å². The third kappa shape index (κ3) is 2.67. The highest BCUT2D eigenvalue weighted by Gasteiger charge is 2.08. The van der Waals surface area contributed by atoms with Gasteiger partial charge in [-0.2, -0.15) is 11.8 Å². The van der Waals surface area contributed by atoms with E-state index in [0.717, 1.165) is 23.0 Å². The summed E-state index contributed by atoms with van der Waals surface area (Å²) < 4.78 is 5.13. The van der Waals surface area contributed by atoms with Crippen LogP contribution in [0.4, 0.5) is 0 Å². The van der Waals surface area contributed by atoms with Crippen LogP contribution in [0, 0.1) is 13.8 Å². The van der Waals surface area contributed by atoms with Gasteiger partial charge in [-0.3, -0.25) is 0 Å². The van der Waals surface area contributed by atoms with Crippen LogP contribution >= 0.6 is 11.8 Å². The molecule has 2 aromatic rings. The number of aromatic nitrogens is 1. The minimum atomic E-state index is 0.943. The normalized spacial score (nSPS) is 10.6. The smallest absolute Gasteiger partial charge is 0.137 e. The molecule has 3 heteroatoms. The fourth-order valence-corrected chi connectivity index (χ4v) is 2.70. The largest absolute Gasteiger partial charge is 0.361 e. The number of aryl methyl sites for hydroxylation is 2. The SMILES string of the molecule is Cc1noc(C)c1CSCc1ccccc1. The van der Waals surface area contributed by atoms with Gasteiger partial charge in [0.2, 0.25) is 0 Å². The van der Waals surface area contributed by atoms with Gasteiger partial charge in [-0.05, 0) is 19.4 Å². The standard InChI is InChI=1S/C13H15NOS/c1-10-13(11(2)15-14-10)9-16-8-12-6-4-3-5-7-12/h3-7H,8-9H2,1-2H3. The van der Waals surface area contributed by atoms with Gasteiger partial charge in [0.1, 0.15) is 5.76 Å². The molecule has 2 nitrogen and oxygen atoms in total. The molecule has 1 aromatic carbocycles. The van der Waals surface area contributed by atoms with E-state index >= 15 is 0 Å². The molecule has 0 fully saturated rings. The third-order valence-electron chi connectivity index (χ3n) is 2.54. The van der Waals surface area contributed by atoms with E-state index in [2.05, 4.69) is 29.4 Å². The van der Waals surface area contributed by atoms with Gasteiger partial charge in [-0.15, -0.1) is 0 Å². The molecule has 0 saturated carbocycles. The molecule has 0 aliphatic heterocycles. The van der Waals surface area contributed by atoms with Crippen molar-refractivity contribution < 1.29 is 4.52 Å². The summed E-state index contributed by atoms with van der Waals surface area (Å²) in [5.41, 5.74) is 3.61. The van der Waals surface area contributed by atoms with Crippen molar-refractivity contribution in [2.75, 3.05) is 0 Å². The van der Waals surface area contributed by atoms with Gasteiger partial charge in [0.25, 0.3) is 0 Å². The van der Waals surface area contributed by atoms with E-state index in [1.54, 1.807) is 0 Å². The van der Waals surface area contributed by atoms with Gasteiger partial charge in [-0.1, -0.05) is 35.5 Å². The average Bonchev–Trinajstić information content (AvgIpc) is 2.62. The topological polar surface area (TPSA) is 26.0 Å². The van der Waals surface area contributed by atoms with Gasteiger partial charge in [-0.25, -0.2) is 0 Å². The Kier molecular flexibility index (Phi) is 3.67. The lowest BCUT2D eigenvalue weighted by Crippen LogP contribution is -1.86. The zero-order chi connectivity index (χ0) is 11.4. The Morgan fingerprint density at radius 3 is 2.50 bits per heavy atom. The first kappa shape index (κ1) is 11.3. The first-order chi connectivity index (χ1) is 7.77. The molecule has 0 amide bonds. The summed E-state index contributed by atoms with van der Waals surface area (Å²) in [7, 11) is 0. The van der Waals surface area contributed by atoms with Crippen LogP contribution in [0.15, 0.2) is 34.9 Å². The summed E-state index contributed by atoms with van der Waals surface area (Å²) in [6.45, 7) is 3.97. The average molecular weight is 233 g/mol. The lowest BCUT2D eigenvalue weighted by Gasteiger charge is -2.01. The highest BCUT2D eigenvalue weighted by Crippen LogP contribution is 2.22. The van der Waals surface area contributed by atoms with Crippen LogP contribution in [0.2, 0.25) is 0 Å². The fourth-order valence-electron chi connectivity index (χ4n) is 1.55. The molecular weight excluding hydrogens is 218 g/mol. The van der Waals surface area contributed by atoms with Crippen LogP contribution in [0.5, 0.6) is 0 Å². The van der Waals surface area contributed by atoms with E-state index in [9.17, 15) is 0 Å². The van der Waals surface area contributed by atoms with E-state index in [1.807, 2.05) is 31.7 Å². The molecule has 0 aliphatic rings. The second-order valence-corrected chi connectivity index (χ2v) is 4.77. The second kappa shape index (κ2) is 5.21. The minimum Gasteiger partial charge on any atom is -0.361 e. The zero-order valence-electron chi connectivity index (χ0n) is 9.56. The summed E-state index contributed by atoms with van der Waals surface area (Å²) in [4.78, 5) is 0. The van der Waals surface area contributed by atoms with E-state index in [1.165, 1.54) is 11.1 Å². The highest BCUT2D eigenvalue weighted by atomic mass is 32.2. The number of hydrogen-bond donors (Lipinski definition) is 0. The number of thioether (sulfide) groups is 1. The molecular formula is C13H15NOS. The van der Waals surface area contributed by atoms with Gasteiger partial charge in [0.15, 0.2) is 0 Å². The third-order valence-corrected chi connectivity index (χ3v) is 3.57. The van der Waals surface area contributed by atoms with Crippen molar-refractivity contribution in [3.63, 3.8) is 0 Å². The molecule has 0 aliphatic carbocycles. The molecule has 2 rings (SSSR count). The Morgan fingerprint density at radius 1 is 1.12 bits per heavy atom. The summed E-state index contributed by atoms with van der Waals surface area (Å²) >= 11 is 1.89. The quantitative estimate of drug-likeness (QED) is 0.805. The maximum atomic E-state index is 5.13. The number of nitrogens with zero attached hydrogens (tertiary/aromatic N) is 1. The van der Waals surface area contributed by atoms with Crippen LogP contribution < -0.4 is 0 Å². The van der Waals surface area contributed by atoms with E-state index in [0.29, 0.717) is 0 Å². The highest BCUT2D eigenvalue weighted by molar-refractivity contribution is 7.97. The second-order valence-electron chi connectivity index (χ2n) is 3.78. The van der Waals surface area contributed by atoms with Crippen molar-refractivity contribution >= 4 is 11.8 Å². The Morgan fingerprint density at radius 2 is 1.88 bits per heavy atom. The maximum absolute atomic E-state index is 5.13. The Hall–Kier alpha value is -1.22. The number of hydrogen-bond acceptors (Lipinski definition) is 3. The molecule has 0 bridgehead atoms. The summed E-state index contributed by atoms with van der Waals surface area (Å²) in [5.74, 6) is 2.94. The predicted octanol–water partition coefficient (Wildman–Crippen LogP) is 3.72. The van der Waals surface area contributed by atoms with Crippen LogP contribution in [0.1, 0.15) is 22.6 Å². The molecule has 0 saturated heterocycles. The minimum absolute atomic E-state index is 0.943. The van der Waals surface area contributed by atoms with Crippen molar-refractivity contribution in [3.8, 4) is 0 Å². The molecule has 0 atom stereocenters. The molecule has 1 heterocycles. The molecule has 0 unspecified atom stereocenters. The Bertz CT molecular complexity index is 431. The van der Waals surface area contributed by atoms with E-state index < -0.39 is 0 Å². The fraction of sp³-hybridized carbons (Fsp3) is 0.308. The van der Waals surface area contributed by atoms with Crippen molar-refractivity contribution in [2.45, 2.75) is 25.4 Å². The first-order valence-electron chi connectivity index (χ1n) is 5.31. The first-order valence-corrected chi connectivity index (χ1v) is 6.46. The molecule has 0 spiro atoms. The van der Waals surface area contributed by atoms with Crippen molar-refractivity contribution in [1.82, 2.24) is 5.16 Å². The van der Waals surface area contributed by atoms with Crippen LogP contribution in [0.25, 0.3) is 0 Å². The van der Waals surface area contributed by atoms with Gasteiger partial charge < -0.3 is 4.52 Å². The van der Waals surface area contributed by atoms with Crippen LogP contribution in [0.3, 0.4) is 0 Å². The van der Waals surface area contributed by atoms with Crippen LogP contribution in [-0.2, 0) is 11.5 Å². The van der Waals surface area contributed by atoms with E-state index in [4.69, 9.17) is 4.52 Å². The number of benzene rings is 1. The number of rotatable bonds is 4. The van der Waals surface area contributed by atoms with E-state index in [-0.39, 0.29) is 0 Å². The maximum Gasteiger partial charge on any atom is 0.137 e. The summed E-state index contributed by atoms with van der Waals surface area (Å²) in [5, 5.41) is 3.95. The molecule has 0 radical (unpaired) electrons. The van der Waals surface area contributed by atoms with Crippen molar-refractivity contribution in [1.29, 1.82) is 0 Å². The van der Waals surface area contributed by atoms with Gasteiger partial charge in [0.05, 0.1) is 5.69 Å². The van der Waals surface area contributed by atoms with Crippen molar-refractivity contribution in [2.24, 2.45) is 0 Å². The molecule has 84 valence electrons. The summed E-state index contributed by atoms with van der Waals surface area (Å²) in [6.07, 6.45) is 0. The Labute approximate surface area is 100 Å². The Balaban J connectivity index is 1.89. The zero-order valence-corrected chi connectivity index (χ0v) is 10.4.